The summed E-state index contributed by atoms with van der Waals surface area (Å²) >= 11 is 0. The predicted octanol–water partition coefficient (Wildman–Crippen LogP) is 27.3. The van der Waals surface area contributed by atoms with Crippen LogP contribution in [0, 0.1) is 0 Å². The lowest BCUT2D eigenvalue weighted by Crippen LogP contribution is -2.30. The van der Waals surface area contributed by atoms with Gasteiger partial charge in [-0.05, 0) is 25.7 Å². The monoisotopic (exact) mass is 1560 g/mol. The number of carbonyl (C=O) groups excluding carboxylic acids is 4. The quantitative estimate of drug-likeness (QED) is 0.0222. The molecule has 2 unspecified atom stereocenters. The number of hydrogen-bond acceptors (Lipinski definition) is 15. The molecule has 0 saturated heterocycles. The summed E-state index contributed by atoms with van der Waals surface area (Å²) in [5, 5.41) is 10.7. The summed E-state index contributed by atoms with van der Waals surface area (Å²) in [6.07, 6.45) is 77.8. The number of hydrogen-bond donors (Lipinski definition) is 3. The highest BCUT2D eigenvalue weighted by molar-refractivity contribution is 7.47. The Bertz CT molecular complexity index is 2020. The molecule has 5 atom stereocenters. The average molecular weight is 1560 g/mol. The van der Waals surface area contributed by atoms with Crippen molar-refractivity contribution >= 4 is 39.5 Å². The zero-order chi connectivity index (χ0) is 78.1. The maximum absolute atomic E-state index is 13.2. The fourth-order valence-electron chi connectivity index (χ4n) is 13.9. The van der Waals surface area contributed by atoms with Gasteiger partial charge in [0, 0.05) is 25.7 Å². The number of phosphoric ester groups is 2. The topological polar surface area (TPSA) is 237 Å². The van der Waals surface area contributed by atoms with Gasteiger partial charge >= 0.3 is 39.5 Å². The second kappa shape index (κ2) is 82.1. The van der Waals surface area contributed by atoms with Gasteiger partial charge in [0.2, 0.25) is 0 Å². The zero-order valence-electron chi connectivity index (χ0n) is 70.1. The van der Waals surface area contributed by atoms with E-state index in [1.807, 2.05) is 0 Å². The third-order valence-electron chi connectivity index (χ3n) is 20.9. The van der Waals surface area contributed by atoms with Crippen molar-refractivity contribution in [3.63, 3.8) is 0 Å². The Morgan fingerprint density at radius 1 is 0.224 bits per heavy atom. The van der Waals surface area contributed by atoms with Crippen molar-refractivity contribution in [3.05, 3.63) is 0 Å². The lowest BCUT2D eigenvalue weighted by molar-refractivity contribution is -0.161. The SMILES string of the molecule is CCCCCCCCCCCCCCCCCCCCCCCC(=O)OC[C@H](COP(=O)(O)OC[C@@H](O)COP(=O)(O)OC[C@@H](COC(=O)CCCCCCCCCCCCC)OC(=O)CCCCCCCCCCCCCCCC)OC(=O)CCCCCCCCCCCCCCCCCCCCCCC. The molecular weight excluding hydrogens is 1390 g/mol. The Balaban J connectivity index is 5.21. The Hall–Kier alpha value is -1.94. The summed E-state index contributed by atoms with van der Waals surface area (Å²) in [7, 11) is -9.93. The fourth-order valence-corrected chi connectivity index (χ4v) is 15.5. The van der Waals surface area contributed by atoms with E-state index in [0.717, 1.165) is 89.9 Å². The molecule has 107 heavy (non-hydrogen) atoms. The molecule has 17 nitrogen and oxygen atoms in total. The zero-order valence-corrected chi connectivity index (χ0v) is 71.9. The van der Waals surface area contributed by atoms with Crippen molar-refractivity contribution in [1.82, 2.24) is 0 Å². The van der Waals surface area contributed by atoms with E-state index in [1.54, 1.807) is 0 Å². The molecule has 0 aliphatic rings. The predicted molar refractivity (Wildman–Crippen MR) is 442 cm³/mol. The molecule has 0 aromatic carbocycles. The highest BCUT2D eigenvalue weighted by atomic mass is 31.2. The lowest BCUT2D eigenvalue weighted by Gasteiger charge is -2.21. The Kier molecular flexibility index (Phi) is 80.6. The summed E-state index contributed by atoms with van der Waals surface area (Å²) in [4.78, 5) is 73.3. The molecule has 0 bridgehead atoms. The van der Waals surface area contributed by atoms with Crippen LogP contribution in [0.2, 0.25) is 0 Å². The van der Waals surface area contributed by atoms with Crippen molar-refractivity contribution in [2.75, 3.05) is 39.6 Å². The third-order valence-corrected chi connectivity index (χ3v) is 22.8. The molecule has 636 valence electrons. The fraction of sp³-hybridized carbons (Fsp3) is 0.955. The normalized spacial score (nSPS) is 13.7. The van der Waals surface area contributed by atoms with Gasteiger partial charge in [-0.1, -0.05) is 432 Å². The Labute approximate surface area is 658 Å². The molecule has 0 radical (unpaired) electrons. The summed E-state index contributed by atoms with van der Waals surface area (Å²) in [5.74, 6) is -2.10. The van der Waals surface area contributed by atoms with Gasteiger partial charge in [0.05, 0.1) is 26.4 Å². The second-order valence-corrected chi connectivity index (χ2v) is 34.5. The third kappa shape index (κ3) is 81.9. The molecule has 0 fully saturated rings. The minimum atomic E-state index is -4.97. The largest absolute Gasteiger partial charge is 0.472 e. The van der Waals surface area contributed by atoms with E-state index < -0.39 is 97.5 Å². The number of unbranched alkanes of at least 4 members (excludes halogenated alkanes) is 63. The first kappa shape index (κ1) is 105. The highest BCUT2D eigenvalue weighted by Gasteiger charge is 2.30. The summed E-state index contributed by atoms with van der Waals surface area (Å²) < 4.78 is 68.9. The summed E-state index contributed by atoms with van der Waals surface area (Å²) in [5.41, 5.74) is 0. The number of carbonyl (C=O) groups is 4. The first-order valence-electron chi connectivity index (χ1n) is 45.8. The van der Waals surface area contributed by atoms with Crippen LogP contribution in [-0.2, 0) is 65.4 Å². The van der Waals surface area contributed by atoms with Crippen molar-refractivity contribution < 1.29 is 80.2 Å². The molecule has 0 aliphatic carbocycles. The first-order chi connectivity index (χ1) is 52.2. The van der Waals surface area contributed by atoms with E-state index in [0.29, 0.717) is 25.7 Å². The van der Waals surface area contributed by atoms with E-state index in [4.69, 9.17) is 37.0 Å². The maximum Gasteiger partial charge on any atom is 0.472 e. The molecule has 0 amide bonds. The molecule has 0 aromatic heterocycles. The Morgan fingerprint density at radius 3 is 0.551 bits per heavy atom. The molecule has 0 rings (SSSR count). The van der Waals surface area contributed by atoms with Gasteiger partial charge in [0.1, 0.15) is 19.3 Å². The van der Waals surface area contributed by atoms with Gasteiger partial charge in [0.25, 0.3) is 0 Å². The van der Waals surface area contributed by atoms with Crippen LogP contribution in [0.25, 0.3) is 0 Å². The molecule has 19 heteroatoms. The van der Waals surface area contributed by atoms with Gasteiger partial charge in [-0.25, -0.2) is 9.13 Å². The van der Waals surface area contributed by atoms with Gasteiger partial charge in [0.15, 0.2) is 12.2 Å². The minimum Gasteiger partial charge on any atom is -0.462 e. The molecule has 0 heterocycles. The van der Waals surface area contributed by atoms with Gasteiger partial charge in [-0.15, -0.1) is 0 Å². The van der Waals surface area contributed by atoms with E-state index >= 15 is 0 Å². The maximum atomic E-state index is 13.2. The molecule has 0 saturated carbocycles. The van der Waals surface area contributed by atoms with Crippen molar-refractivity contribution in [2.24, 2.45) is 0 Å². The van der Waals surface area contributed by atoms with Crippen LogP contribution in [0.3, 0.4) is 0 Å². The van der Waals surface area contributed by atoms with E-state index in [9.17, 15) is 43.2 Å². The standard InChI is InChI=1S/C88H172O17P2/c1-5-9-13-17-21-25-29-32-35-37-39-41-43-45-47-50-53-57-61-65-69-73-86(91)99-79-84(105-88(93)75-71-67-63-59-55-51-48-46-44-42-40-38-36-33-30-26-22-18-14-10-6-2)81-103-107(96,97)101-77-82(89)76-100-106(94,95)102-80-83(78-98-85(90)72-68-64-60-56-52-28-24-20-16-12-8-4)104-87(92)74-70-66-62-58-54-49-34-31-27-23-19-15-11-7-3/h82-84,89H,5-81H2,1-4H3,(H,94,95)(H,96,97)/t82-,83+,84+/m0/s1. The number of phosphoric acid groups is 2. The van der Waals surface area contributed by atoms with Crippen molar-refractivity contribution in [1.29, 1.82) is 0 Å². The summed E-state index contributed by atoms with van der Waals surface area (Å²) in [6.45, 7) is 5.06. The van der Waals surface area contributed by atoms with E-state index in [2.05, 4.69) is 27.7 Å². The minimum absolute atomic E-state index is 0.109. The van der Waals surface area contributed by atoms with Crippen LogP contribution in [0.4, 0.5) is 0 Å². The van der Waals surface area contributed by atoms with Crippen LogP contribution in [-0.4, -0.2) is 96.7 Å². The molecular formula is C88H172O17P2. The second-order valence-electron chi connectivity index (χ2n) is 31.6. The number of ether oxygens (including phenoxy) is 4. The highest BCUT2D eigenvalue weighted by Crippen LogP contribution is 2.45. The van der Waals surface area contributed by atoms with E-state index in [1.165, 1.54) is 315 Å². The molecule has 0 spiro atoms. The van der Waals surface area contributed by atoms with Crippen LogP contribution < -0.4 is 0 Å². The van der Waals surface area contributed by atoms with Gasteiger partial charge in [-0.3, -0.25) is 37.3 Å². The summed E-state index contributed by atoms with van der Waals surface area (Å²) in [6, 6.07) is 0. The smallest absolute Gasteiger partial charge is 0.462 e. The van der Waals surface area contributed by atoms with Crippen LogP contribution >= 0.6 is 15.6 Å². The molecule has 3 N–H and O–H groups in total. The number of aliphatic hydroxyl groups is 1. The lowest BCUT2D eigenvalue weighted by atomic mass is 10.0. The average Bonchev–Trinajstić information content (AvgIpc) is 0.901. The molecule has 0 aliphatic heterocycles. The van der Waals surface area contributed by atoms with Crippen LogP contribution in [0.15, 0.2) is 0 Å². The Morgan fingerprint density at radius 2 is 0.374 bits per heavy atom. The van der Waals surface area contributed by atoms with Crippen LogP contribution in [0.5, 0.6) is 0 Å². The van der Waals surface area contributed by atoms with Crippen LogP contribution in [0.1, 0.15) is 484 Å². The van der Waals surface area contributed by atoms with Crippen molar-refractivity contribution in [3.8, 4) is 0 Å². The number of rotatable bonds is 89. The van der Waals surface area contributed by atoms with Gasteiger partial charge < -0.3 is 33.8 Å². The van der Waals surface area contributed by atoms with Crippen molar-refractivity contribution in [2.45, 2.75) is 502 Å². The first-order valence-corrected chi connectivity index (χ1v) is 48.8. The number of aliphatic hydroxyl groups excluding tert-OH is 1. The van der Waals surface area contributed by atoms with Gasteiger partial charge in [-0.2, -0.15) is 0 Å². The number of esters is 4. The van der Waals surface area contributed by atoms with E-state index in [-0.39, 0.29) is 25.7 Å². The molecule has 0 aromatic rings.